The molecule has 3 heterocycles. The maximum absolute atomic E-state index is 13.8. The van der Waals surface area contributed by atoms with Crippen LogP contribution in [0.1, 0.15) is 38.8 Å². The number of halogens is 1. The van der Waals surface area contributed by atoms with E-state index < -0.39 is 6.04 Å². The van der Waals surface area contributed by atoms with Gasteiger partial charge in [0.15, 0.2) is 11.5 Å². The number of hydrogen-bond donors (Lipinski definition) is 2. The van der Waals surface area contributed by atoms with Crippen LogP contribution >= 0.6 is 11.6 Å². The second kappa shape index (κ2) is 10.7. The molecular weight excluding hydrogens is 528 g/mol. The van der Waals surface area contributed by atoms with Gasteiger partial charge < -0.3 is 19.5 Å². The molecule has 0 radical (unpaired) electrons. The van der Waals surface area contributed by atoms with Gasteiger partial charge in [0.1, 0.15) is 23.7 Å². The Kier molecular flexibility index (Phi) is 6.84. The Morgan fingerprint density at radius 2 is 1.82 bits per heavy atom. The molecule has 0 fully saturated rings. The van der Waals surface area contributed by atoms with Gasteiger partial charge in [0.25, 0.3) is 5.91 Å². The van der Waals surface area contributed by atoms with Crippen molar-refractivity contribution in [3.8, 4) is 28.5 Å². The van der Waals surface area contributed by atoms with Crippen LogP contribution in [-0.2, 0) is 13.2 Å². The van der Waals surface area contributed by atoms with Gasteiger partial charge in [-0.1, -0.05) is 54.1 Å². The maximum atomic E-state index is 13.8. The highest BCUT2D eigenvalue weighted by Gasteiger charge is 2.43. The maximum Gasteiger partial charge on any atom is 0.273 e. The number of carbonyl (C=O) groups excluding carboxylic acids is 1. The Balaban J connectivity index is 1.43. The molecule has 5 aromatic rings. The number of phenolic OH excluding ortho intramolecular Hbond substituents is 1. The van der Waals surface area contributed by atoms with Gasteiger partial charge in [-0.15, -0.1) is 0 Å². The summed E-state index contributed by atoms with van der Waals surface area (Å²) in [7, 11) is 1.58. The monoisotopic (exact) mass is 552 g/mol. The van der Waals surface area contributed by atoms with Gasteiger partial charge >= 0.3 is 0 Å². The third kappa shape index (κ3) is 4.74. The Bertz CT molecular complexity index is 1670. The van der Waals surface area contributed by atoms with Crippen LogP contribution in [0.4, 0.5) is 0 Å². The van der Waals surface area contributed by atoms with Crippen molar-refractivity contribution in [2.75, 3.05) is 7.11 Å². The van der Waals surface area contributed by atoms with Crippen LogP contribution in [0.15, 0.2) is 91.3 Å². The average Bonchev–Trinajstić information content (AvgIpc) is 3.53. The predicted octanol–water partition coefficient (Wildman–Crippen LogP) is 6.16. The minimum Gasteiger partial charge on any atom is -0.507 e. The van der Waals surface area contributed by atoms with Crippen molar-refractivity contribution in [3.63, 3.8) is 0 Å². The summed E-state index contributed by atoms with van der Waals surface area (Å²) < 4.78 is 11.8. The van der Waals surface area contributed by atoms with E-state index in [4.69, 9.17) is 21.1 Å². The molecule has 2 N–H and O–H groups in total. The van der Waals surface area contributed by atoms with Crippen LogP contribution in [-0.4, -0.2) is 38.2 Å². The largest absolute Gasteiger partial charge is 0.507 e. The van der Waals surface area contributed by atoms with Gasteiger partial charge in [0.2, 0.25) is 0 Å². The predicted molar refractivity (Wildman–Crippen MR) is 150 cm³/mol. The normalized spacial score (nSPS) is 14.3. The van der Waals surface area contributed by atoms with Gasteiger partial charge in [-0.25, -0.2) is 0 Å². The standard InChI is InChI=1S/C31H25ClN4O4/c1-39-26-14-21(9-12-25(26)40-18-19-6-3-2-4-7-19)30-27-28(23-15-22(32)10-11-24(23)37)34-35-29(27)31(38)36(30)17-20-8-5-13-33-16-20/h2-16,30,37H,17-18H2,1H3,(H,34,35). The number of rotatable bonds is 8. The number of hydrogen-bond acceptors (Lipinski definition) is 6. The second-order valence-corrected chi connectivity index (χ2v) is 9.84. The zero-order valence-corrected chi connectivity index (χ0v) is 22.3. The molecule has 8 nitrogen and oxygen atoms in total. The van der Waals surface area contributed by atoms with Gasteiger partial charge in [-0.05, 0) is 53.1 Å². The molecule has 3 aromatic carbocycles. The summed E-state index contributed by atoms with van der Waals surface area (Å²) in [6, 6.07) is 23.5. The molecule has 0 saturated carbocycles. The van der Waals surface area contributed by atoms with Crippen LogP contribution in [0.3, 0.4) is 0 Å². The van der Waals surface area contributed by atoms with Gasteiger partial charge in [0, 0.05) is 35.1 Å². The Labute approximate surface area is 235 Å². The number of nitrogens with zero attached hydrogens (tertiary/aromatic N) is 3. The lowest BCUT2D eigenvalue weighted by molar-refractivity contribution is 0.0729. The summed E-state index contributed by atoms with van der Waals surface area (Å²) in [4.78, 5) is 19.7. The first-order valence-corrected chi connectivity index (χ1v) is 13.0. The lowest BCUT2D eigenvalue weighted by Crippen LogP contribution is -2.29. The quantitative estimate of drug-likeness (QED) is 0.239. The number of nitrogens with one attached hydrogen (secondary N) is 1. The Morgan fingerprint density at radius 3 is 2.60 bits per heavy atom. The van der Waals surface area contributed by atoms with Gasteiger partial charge in [-0.3, -0.25) is 14.9 Å². The number of phenols is 1. The topological polar surface area (TPSA) is 101 Å². The number of pyridine rings is 1. The first-order valence-electron chi connectivity index (χ1n) is 12.6. The van der Waals surface area contributed by atoms with E-state index in [9.17, 15) is 9.90 Å². The molecule has 6 rings (SSSR count). The van der Waals surface area contributed by atoms with Crippen molar-refractivity contribution in [3.05, 3.63) is 124 Å². The summed E-state index contributed by atoms with van der Waals surface area (Å²) in [6.07, 6.45) is 3.43. The van der Waals surface area contributed by atoms with Crippen molar-refractivity contribution in [1.29, 1.82) is 0 Å². The fraction of sp³-hybridized carbons (Fsp3) is 0.129. The molecule has 1 aliphatic rings. The summed E-state index contributed by atoms with van der Waals surface area (Å²) in [5.41, 5.74) is 4.58. The van der Waals surface area contributed by atoms with Crippen LogP contribution in [0.2, 0.25) is 5.02 Å². The fourth-order valence-corrected chi connectivity index (χ4v) is 5.18. The van der Waals surface area contributed by atoms with Crippen LogP contribution in [0, 0.1) is 0 Å². The second-order valence-electron chi connectivity index (χ2n) is 9.40. The minimum absolute atomic E-state index is 0.0119. The van der Waals surface area contributed by atoms with Crippen molar-refractivity contribution >= 4 is 17.5 Å². The molecule has 0 spiro atoms. The third-order valence-corrected chi connectivity index (χ3v) is 7.13. The lowest BCUT2D eigenvalue weighted by atomic mass is 9.95. The Morgan fingerprint density at radius 1 is 1.00 bits per heavy atom. The fourth-order valence-electron chi connectivity index (χ4n) is 5.01. The SMILES string of the molecule is COc1cc(C2c3c(-c4cc(Cl)ccc4O)n[nH]c3C(=O)N2Cc2cccnc2)ccc1OCc1ccccc1. The smallest absolute Gasteiger partial charge is 0.273 e. The first kappa shape index (κ1) is 25.5. The number of amides is 1. The number of aromatic amines is 1. The molecule has 2 aromatic heterocycles. The molecule has 0 aliphatic carbocycles. The van der Waals surface area contributed by atoms with E-state index in [2.05, 4.69) is 15.2 Å². The van der Waals surface area contributed by atoms with Crippen LogP contribution < -0.4 is 9.47 Å². The minimum atomic E-state index is -0.535. The van der Waals surface area contributed by atoms with Crippen molar-refractivity contribution in [1.82, 2.24) is 20.1 Å². The first-order chi connectivity index (χ1) is 19.5. The molecule has 200 valence electrons. The van der Waals surface area contributed by atoms with Crippen molar-refractivity contribution in [2.45, 2.75) is 19.2 Å². The summed E-state index contributed by atoms with van der Waals surface area (Å²) in [5, 5.41) is 18.5. The van der Waals surface area contributed by atoms with Gasteiger partial charge in [-0.2, -0.15) is 5.10 Å². The molecule has 0 bridgehead atoms. The van der Waals surface area contributed by atoms with Crippen LogP contribution in [0.25, 0.3) is 11.3 Å². The highest BCUT2D eigenvalue weighted by Crippen LogP contribution is 2.46. The molecule has 0 saturated heterocycles. The number of benzene rings is 3. The molecule has 1 unspecified atom stereocenters. The number of carbonyl (C=O) groups is 1. The Hall–Kier alpha value is -4.82. The number of ether oxygens (including phenoxy) is 2. The van der Waals surface area contributed by atoms with E-state index in [0.29, 0.717) is 52.2 Å². The van der Waals surface area contributed by atoms with E-state index in [1.165, 1.54) is 6.07 Å². The number of fused-ring (bicyclic) bond motifs is 1. The molecule has 1 aliphatic heterocycles. The molecule has 1 amide bonds. The molecule has 1 atom stereocenters. The number of aromatic hydroxyl groups is 1. The summed E-state index contributed by atoms with van der Waals surface area (Å²) >= 11 is 6.27. The zero-order valence-electron chi connectivity index (χ0n) is 21.5. The van der Waals surface area contributed by atoms with E-state index in [0.717, 1.165) is 16.7 Å². The third-order valence-electron chi connectivity index (χ3n) is 6.89. The zero-order chi connectivity index (χ0) is 27.6. The van der Waals surface area contributed by atoms with E-state index >= 15 is 0 Å². The highest BCUT2D eigenvalue weighted by molar-refractivity contribution is 6.31. The summed E-state index contributed by atoms with van der Waals surface area (Å²) in [5.74, 6) is 0.912. The molecular formula is C31H25ClN4O4. The lowest BCUT2D eigenvalue weighted by Gasteiger charge is -2.27. The van der Waals surface area contributed by atoms with Gasteiger partial charge in [0.05, 0.1) is 13.2 Å². The number of methoxy groups -OCH3 is 1. The van der Waals surface area contributed by atoms with Crippen molar-refractivity contribution < 1.29 is 19.4 Å². The van der Waals surface area contributed by atoms with Crippen molar-refractivity contribution in [2.24, 2.45) is 0 Å². The number of H-pyrrole nitrogens is 1. The van der Waals surface area contributed by atoms with E-state index in [1.807, 2.05) is 60.7 Å². The van der Waals surface area contributed by atoms with Crippen LogP contribution in [0.5, 0.6) is 17.2 Å². The number of aromatic nitrogens is 3. The average molecular weight is 553 g/mol. The summed E-state index contributed by atoms with van der Waals surface area (Å²) in [6.45, 7) is 0.699. The van der Waals surface area contributed by atoms with E-state index in [-0.39, 0.29) is 11.7 Å². The molecule has 40 heavy (non-hydrogen) atoms. The highest BCUT2D eigenvalue weighted by atomic mass is 35.5. The van der Waals surface area contributed by atoms with E-state index in [1.54, 1.807) is 36.5 Å². The molecule has 9 heteroatoms.